The van der Waals surface area contributed by atoms with Gasteiger partial charge in [-0.15, -0.1) is 0 Å². The number of nitrogens with one attached hydrogen (secondary N) is 2. The molecule has 2 aromatic carbocycles. The van der Waals surface area contributed by atoms with Crippen molar-refractivity contribution >= 4 is 18.0 Å². The lowest BCUT2D eigenvalue weighted by Gasteiger charge is -2.15. The first-order valence-electron chi connectivity index (χ1n) is 7.60. The minimum Gasteiger partial charge on any atom is -0.508 e. The smallest absolute Gasteiger partial charge is 0.253 e. The van der Waals surface area contributed by atoms with Crippen molar-refractivity contribution in [1.82, 2.24) is 10.7 Å². The second kappa shape index (κ2) is 6.95. The van der Waals surface area contributed by atoms with Crippen LogP contribution in [0.4, 0.5) is 0 Å². The van der Waals surface area contributed by atoms with E-state index < -0.39 is 11.8 Å². The van der Waals surface area contributed by atoms with Crippen LogP contribution in [-0.2, 0) is 9.59 Å². The maximum absolute atomic E-state index is 12.4. The number of rotatable bonds is 4. The molecule has 2 aromatic rings. The molecule has 122 valence electrons. The Bertz CT molecular complexity index is 757. The summed E-state index contributed by atoms with van der Waals surface area (Å²) in [5.74, 6) is -1.58. The Kier molecular flexibility index (Phi) is 4.56. The number of hydrogen-bond donors (Lipinski definition) is 3. The van der Waals surface area contributed by atoms with E-state index in [4.69, 9.17) is 0 Å². The van der Waals surface area contributed by atoms with E-state index in [0.29, 0.717) is 6.54 Å². The number of aromatic hydroxyl groups is 1. The number of hydrogen-bond acceptors (Lipinski definition) is 4. The molecule has 0 radical (unpaired) electrons. The summed E-state index contributed by atoms with van der Waals surface area (Å²) >= 11 is 0. The fraction of sp³-hybridized carbons (Fsp3) is 0.167. The van der Waals surface area contributed by atoms with Gasteiger partial charge in [-0.05, 0) is 35.4 Å². The molecule has 0 saturated carbocycles. The summed E-state index contributed by atoms with van der Waals surface area (Å²) in [6.07, 6.45) is 1.46. The number of phenolic OH excluding ortho intramolecular Hbond substituents is 1. The monoisotopic (exact) mass is 323 g/mol. The fourth-order valence-electron chi connectivity index (χ4n) is 2.73. The normalized spacial score (nSPS) is 20.1. The van der Waals surface area contributed by atoms with Crippen LogP contribution >= 0.6 is 0 Å². The Morgan fingerprint density at radius 1 is 1.17 bits per heavy atom. The highest BCUT2D eigenvalue weighted by Crippen LogP contribution is 2.28. The minimum atomic E-state index is -0.802. The van der Waals surface area contributed by atoms with Crippen molar-refractivity contribution in [3.05, 3.63) is 65.7 Å². The van der Waals surface area contributed by atoms with Crippen molar-refractivity contribution in [1.29, 1.82) is 0 Å². The van der Waals surface area contributed by atoms with Gasteiger partial charge in [0.2, 0.25) is 5.91 Å². The average Bonchev–Trinajstić information content (AvgIpc) is 2.99. The van der Waals surface area contributed by atoms with Crippen LogP contribution in [0.5, 0.6) is 5.75 Å². The predicted octanol–water partition coefficient (Wildman–Crippen LogP) is 1.37. The molecule has 2 atom stereocenters. The number of amides is 2. The third-order valence-electron chi connectivity index (χ3n) is 3.97. The first-order valence-corrected chi connectivity index (χ1v) is 7.60. The Morgan fingerprint density at radius 2 is 1.88 bits per heavy atom. The number of benzene rings is 2. The zero-order valence-electron chi connectivity index (χ0n) is 12.8. The van der Waals surface area contributed by atoms with E-state index in [0.717, 1.165) is 11.1 Å². The van der Waals surface area contributed by atoms with Gasteiger partial charge in [0.05, 0.1) is 6.21 Å². The Hall–Kier alpha value is -3.15. The van der Waals surface area contributed by atoms with Crippen LogP contribution in [0.3, 0.4) is 0 Å². The SMILES string of the molecule is O=C1NC[C@@H](c2ccccc2)[C@@H]1C(=O)N/N=C/c1ccc(O)cc1. The maximum atomic E-state index is 12.4. The quantitative estimate of drug-likeness (QED) is 0.451. The van der Waals surface area contributed by atoms with Gasteiger partial charge < -0.3 is 10.4 Å². The van der Waals surface area contributed by atoms with Gasteiger partial charge in [0.25, 0.3) is 5.91 Å². The summed E-state index contributed by atoms with van der Waals surface area (Å²) in [7, 11) is 0. The van der Waals surface area contributed by atoms with Crippen LogP contribution in [0.15, 0.2) is 59.7 Å². The van der Waals surface area contributed by atoms with Gasteiger partial charge in [-0.1, -0.05) is 30.3 Å². The van der Waals surface area contributed by atoms with Crippen molar-refractivity contribution in [2.24, 2.45) is 11.0 Å². The zero-order chi connectivity index (χ0) is 16.9. The maximum Gasteiger partial charge on any atom is 0.253 e. The van der Waals surface area contributed by atoms with Gasteiger partial charge in [-0.2, -0.15) is 5.10 Å². The number of phenols is 1. The van der Waals surface area contributed by atoms with Gasteiger partial charge in [0.1, 0.15) is 11.7 Å². The molecule has 1 aliphatic rings. The second-order valence-corrected chi connectivity index (χ2v) is 5.57. The molecule has 0 aliphatic carbocycles. The van der Waals surface area contributed by atoms with Gasteiger partial charge in [0.15, 0.2) is 0 Å². The van der Waals surface area contributed by atoms with E-state index in [2.05, 4.69) is 15.8 Å². The molecule has 0 unspecified atom stereocenters. The van der Waals surface area contributed by atoms with Crippen LogP contribution in [0.1, 0.15) is 17.0 Å². The van der Waals surface area contributed by atoms with Crippen LogP contribution in [0, 0.1) is 5.92 Å². The van der Waals surface area contributed by atoms with Crippen molar-refractivity contribution in [3.63, 3.8) is 0 Å². The molecule has 1 heterocycles. The molecular formula is C18H17N3O3. The highest BCUT2D eigenvalue weighted by Gasteiger charge is 2.40. The zero-order valence-corrected chi connectivity index (χ0v) is 12.8. The van der Waals surface area contributed by atoms with Crippen molar-refractivity contribution in [2.75, 3.05) is 6.54 Å². The lowest BCUT2D eigenvalue weighted by atomic mass is 9.88. The predicted molar refractivity (Wildman–Crippen MR) is 89.5 cm³/mol. The Balaban J connectivity index is 1.68. The third kappa shape index (κ3) is 3.43. The summed E-state index contributed by atoms with van der Waals surface area (Å²) in [6.45, 7) is 0.433. The molecule has 6 heteroatoms. The van der Waals surface area contributed by atoms with E-state index in [9.17, 15) is 14.7 Å². The molecule has 1 saturated heterocycles. The molecule has 24 heavy (non-hydrogen) atoms. The number of nitrogens with zero attached hydrogens (tertiary/aromatic N) is 1. The van der Waals surface area contributed by atoms with E-state index in [-0.39, 0.29) is 17.6 Å². The Morgan fingerprint density at radius 3 is 2.58 bits per heavy atom. The molecule has 1 fully saturated rings. The van der Waals surface area contributed by atoms with Crippen LogP contribution in [0.25, 0.3) is 0 Å². The van der Waals surface area contributed by atoms with Crippen LogP contribution in [-0.4, -0.2) is 29.7 Å². The van der Waals surface area contributed by atoms with Crippen LogP contribution < -0.4 is 10.7 Å². The average molecular weight is 323 g/mol. The van der Waals surface area contributed by atoms with E-state index in [1.165, 1.54) is 18.3 Å². The summed E-state index contributed by atoms with van der Waals surface area (Å²) < 4.78 is 0. The molecule has 3 rings (SSSR count). The third-order valence-corrected chi connectivity index (χ3v) is 3.97. The minimum absolute atomic E-state index is 0.157. The first-order chi connectivity index (χ1) is 11.6. The number of carbonyl (C=O) groups excluding carboxylic acids is 2. The van der Waals surface area contributed by atoms with Gasteiger partial charge in [-0.25, -0.2) is 5.43 Å². The molecular weight excluding hydrogens is 306 g/mol. The van der Waals surface area contributed by atoms with E-state index >= 15 is 0 Å². The molecule has 3 N–H and O–H groups in total. The number of hydrazone groups is 1. The standard InChI is InChI=1S/C18H17N3O3/c22-14-8-6-12(7-9-14)10-20-21-18(24)16-15(11-19-17(16)23)13-4-2-1-3-5-13/h1-10,15-16,22H,11H2,(H,19,23)(H,21,24)/b20-10+/t15-,16-/m0/s1. The molecule has 6 nitrogen and oxygen atoms in total. The van der Waals surface area contributed by atoms with Gasteiger partial charge in [0, 0.05) is 12.5 Å². The Labute approximate surface area is 139 Å². The van der Waals surface area contributed by atoms with Crippen molar-refractivity contribution in [3.8, 4) is 5.75 Å². The summed E-state index contributed by atoms with van der Waals surface area (Å²) in [6, 6.07) is 15.9. The second-order valence-electron chi connectivity index (χ2n) is 5.57. The van der Waals surface area contributed by atoms with Gasteiger partial charge in [-0.3, -0.25) is 9.59 Å². The topological polar surface area (TPSA) is 90.8 Å². The summed E-state index contributed by atoms with van der Waals surface area (Å²) in [5, 5.41) is 15.8. The lowest BCUT2D eigenvalue weighted by Crippen LogP contribution is -2.34. The van der Waals surface area contributed by atoms with Crippen LogP contribution in [0.2, 0.25) is 0 Å². The van der Waals surface area contributed by atoms with Gasteiger partial charge >= 0.3 is 0 Å². The molecule has 0 spiro atoms. The van der Waals surface area contributed by atoms with E-state index in [1.807, 2.05) is 30.3 Å². The summed E-state index contributed by atoms with van der Waals surface area (Å²) in [4.78, 5) is 24.4. The van der Waals surface area contributed by atoms with E-state index in [1.54, 1.807) is 12.1 Å². The highest BCUT2D eigenvalue weighted by molar-refractivity contribution is 6.03. The first kappa shape index (κ1) is 15.7. The largest absolute Gasteiger partial charge is 0.508 e. The van der Waals surface area contributed by atoms with Crippen molar-refractivity contribution < 1.29 is 14.7 Å². The molecule has 0 bridgehead atoms. The summed E-state index contributed by atoms with van der Waals surface area (Å²) in [5.41, 5.74) is 4.09. The van der Waals surface area contributed by atoms with Crippen molar-refractivity contribution in [2.45, 2.75) is 5.92 Å². The number of carbonyl (C=O) groups is 2. The highest BCUT2D eigenvalue weighted by atomic mass is 16.3. The molecule has 0 aromatic heterocycles. The fourth-order valence-corrected chi connectivity index (χ4v) is 2.73. The molecule has 1 aliphatic heterocycles. The lowest BCUT2D eigenvalue weighted by molar-refractivity contribution is -0.133. The molecule has 2 amide bonds.